The molecule has 4 fully saturated rings. The molecule has 0 bridgehead atoms. The van der Waals surface area contributed by atoms with Crippen molar-refractivity contribution in [3.8, 4) is 0 Å². The first kappa shape index (κ1) is 21.4. The fourth-order valence-electron chi connectivity index (χ4n) is 8.76. The molecule has 0 aromatic rings. The fourth-order valence-corrected chi connectivity index (χ4v) is 8.76. The van der Waals surface area contributed by atoms with Gasteiger partial charge in [-0.1, -0.05) is 13.8 Å². The predicted molar refractivity (Wildman–Crippen MR) is 113 cm³/mol. The zero-order chi connectivity index (χ0) is 22.2. The van der Waals surface area contributed by atoms with Gasteiger partial charge in [0.1, 0.15) is 12.7 Å². The van der Waals surface area contributed by atoms with Crippen molar-refractivity contribution in [1.29, 1.82) is 0 Å². The van der Waals surface area contributed by atoms with Crippen molar-refractivity contribution < 1.29 is 29.3 Å². The molecule has 4 saturated carbocycles. The Kier molecular flexibility index (Phi) is 4.88. The van der Waals surface area contributed by atoms with Gasteiger partial charge in [0.05, 0.1) is 11.7 Å². The van der Waals surface area contributed by atoms with Crippen molar-refractivity contribution in [1.82, 2.24) is 0 Å². The molecule has 0 amide bonds. The highest BCUT2D eigenvalue weighted by Gasteiger charge is 2.70. The van der Waals surface area contributed by atoms with Crippen LogP contribution in [-0.4, -0.2) is 46.6 Å². The number of carbonyl (C=O) groups excluding carboxylic acids is 2. The largest absolute Gasteiger partial charge is 0.462 e. The summed E-state index contributed by atoms with van der Waals surface area (Å²) < 4.78 is 11.0. The second-order valence-corrected chi connectivity index (χ2v) is 11.5. The van der Waals surface area contributed by atoms with Gasteiger partial charge >= 0.3 is 11.9 Å². The molecule has 1 heterocycles. The highest BCUT2D eigenvalue weighted by molar-refractivity contribution is 5.85. The molecule has 0 saturated heterocycles. The zero-order valence-corrected chi connectivity index (χ0v) is 18.9. The molecule has 0 radical (unpaired) electrons. The van der Waals surface area contributed by atoms with E-state index in [1.807, 2.05) is 0 Å². The van der Waals surface area contributed by atoms with Gasteiger partial charge in [0.15, 0.2) is 0 Å². The minimum Gasteiger partial charge on any atom is -0.462 e. The third-order valence-corrected chi connectivity index (χ3v) is 10.2. The Morgan fingerprint density at radius 1 is 1.16 bits per heavy atom. The molecule has 0 aromatic carbocycles. The molecule has 1 unspecified atom stereocenters. The van der Waals surface area contributed by atoms with E-state index in [2.05, 4.69) is 13.8 Å². The molecule has 0 spiro atoms. The number of cyclic esters (lactones) is 1. The summed E-state index contributed by atoms with van der Waals surface area (Å²) in [7, 11) is 0. The predicted octanol–water partition coefficient (Wildman–Crippen LogP) is 3.15. The summed E-state index contributed by atoms with van der Waals surface area (Å²) in [5.41, 5.74) is -0.420. The van der Waals surface area contributed by atoms with E-state index in [1.54, 1.807) is 6.08 Å². The summed E-state index contributed by atoms with van der Waals surface area (Å²) in [5, 5.41) is 22.7. The van der Waals surface area contributed by atoms with E-state index in [4.69, 9.17) is 9.47 Å². The molecule has 4 aliphatic carbocycles. The monoisotopic (exact) mass is 432 g/mol. The number of fused-ring (bicyclic) bond motifs is 5. The van der Waals surface area contributed by atoms with Crippen LogP contribution in [0.5, 0.6) is 0 Å². The summed E-state index contributed by atoms with van der Waals surface area (Å²) in [5.74, 6) is 0.162. The molecule has 5 rings (SSSR count). The summed E-state index contributed by atoms with van der Waals surface area (Å²) in [6.07, 6.45) is 7.90. The highest BCUT2D eigenvalue weighted by atomic mass is 16.5. The average molecular weight is 433 g/mol. The summed E-state index contributed by atoms with van der Waals surface area (Å²) in [6.45, 7) is 6.16. The van der Waals surface area contributed by atoms with E-state index in [1.165, 1.54) is 6.92 Å². The van der Waals surface area contributed by atoms with Gasteiger partial charge in [-0.15, -0.1) is 0 Å². The highest BCUT2D eigenvalue weighted by Crippen LogP contribution is 2.70. The summed E-state index contributed by atoms with van der Waals surface area (Å²) in [4.78, 5) is 23.8. The fraction of sp³-hybridized carbons (Fsp3) is 0.840. The van der Waals surface area contributed by atoms with E-state index in [0.29, 0.717) is 18.3 Å². The summed E-state index contributed by atoms with van der Waals surface area (Å²) in [6, 6.07) is 0. The Hall–Kier alpha value is -1.40. The normalized spacial score (nSPS) is 51.3. The van der Waals surface area contributed by atoms with E-state index in [-0.39, 0.29) is 41.9 Å². The third kappa shape index (κ3) is 2.97. The van der Waals surface area contributed by atoms with Crippen LogP contribution < -0.4 is 0 Å². The molecule has 2 N–H and O–H groups in total. The molecule has 1 aliphatic heterocycles. The number of ether oxygens (including phenoxy) is 2. The van der Waals surface area contributed by atoms with Crippen molar-refractivity contribution in [2.45, 2.75) is 89.9 Å². The van der Waals surface area contributed by atoms with Crippen LogP contribution >= 0.6 is 0 Å². The first-order valence-corrected chi connectivity index (χ1v) is 12.0. The van der Waals surface area contributed by atoms with Gasteiger partial charge in [-0.25, -0.2) is 4.79 Å². The lowest BCUT2D eigenvalue weighted by atomic mass is 9.43. The van der Waals surface area contributed by atoms with Gasteiger partial charge in [-0.2, -0.15) is 0 Å². The number of hydrogen-bond donors (Lipinski definition) is 2. The van der Waals surface area contributed by atoms with Gasteiger partial charge in [0.25, 0.3) is 0 Å². The van der Waals surface area contributed by atoms with Crippen LogP contribution in [0.2, 0.25) is 0 Å². The van der Waals surface area contributed by atoms with Crippen LogP contribution in [0.1, 0.15) is 72.1 Å². The van der Waals surface area contributed by atoms with Crippen LogP contribution in [0.4, 0.5) is 0 Å². The van der Waals surface area contributed by atoms with Crippen LogP contribution in [0, 0.1) is 34.5 Å². The van der Waals surface area contributed by atoms with Gasteiger partial charge in [0.2, 0.25) is 0 Å². The van der Waals surface area contributed by atoms with Crippen molar-refractivity contribution >= 4 is 11.9 Å². The Balaban J connectivity index is 1.52. The van der Waals surface area contributed by atoms with Crippen molar-refractivity contribution in [3.63, 3.8) is 0 Å². The van der Waals surface area contributed by atoms with Gasteiger partial charge in [-0.05, 0) is 73.7 Å². The SMILES string of the molecule is CC(=O)O[C@H]1C[C@]2(O)[C@@H]3CC[C@@H]4CC(O)CC[C@]4(C)[C@H]3CC[C@]2(C)[C@H]1C1=CC(=O)OC1. The van der Waals surface area contributed by atoms with Crippen LogP contribution in [0.25, 0.3) is 0 Å². The molecule has 5 aliphatic rings. The number of esters is 2. The molecule has 9 atom stereocenters. The Morgan fingerprint density at radius 2 is 1.94 bits per heavy atom. The third-order valence-electron chi connectivity index (χ3n) is 10.2. The van der Waals surface area contributed by atoms with E-state index in [0.717, 1.165) is 50.5 Å². The molecule has 172 valence electrons. The minimum atomic E-state index is -0.947. The lowest BCUT2D eigenvalue weighted by Gasteiger charge is -2.63. The topological polar surface area (TPSA) is 93.1 Å². The Labute approximate surface area is 184 Å². The number of hydrogen-bond acceptors (Lipinski definition) is 6. The maximum atomic E-state index is 12.4. The molecule has 6 nitrogen and oxygen atoms in total. The standard InChI is InChI=1S/C25H36O6/c1-14(26)31-20-12-25(29)19-5-4-16-11-17(27)6-8-23(16,2)18(19)7-9-24(25,3)22(20)15-10-21(28)30-13-15/h10,16-20,22,27,29H,4-9,11-13H2,1-3H3/t16-,17?,18+,19-,20+,22+,23+,24-,25+/m1/s1. The molecule has 31 heavy (non-hydrogen) atoms. The number of aliphatic hydroxyl groups is 2. The maximum absolute atomic E-state index is 12.4. The second kappa shape index (κ2) is 7.05. The number of aliphatic hydroxyl groups excluding tert-OH is 1. The second-order valence-electron chi connectivity index (χ2n) is 11.5. The van der Waals surface area contributed by atoms with E-state index < -0.39 is 17.1 Å². The van der Waals surface area contributed by atoms with Crippen molar-refractivity contribution in [2.75, 3.05) is 6.61 Å². The smallest absolute Gasteiger partial charge is 0.331 e. The van der Waals surface area contributed by atoms with E-state index in [9.17, 15) is 19.8 Å². The quantitative estimate of drug-likeness (QED) is 0.651. The van der Waals surface area contributed by atoms with Crippen LogP contribution in [0.3, 0.4) is 0 Å². The minimum absolute atomic E-state index is 0.139. The molecule has 0 aromatic heterocycles. The van der Waals surface area contributed by atoms with Gasteiger partial charge in [0, 0.05) is 30.8 Å². The lowest BCUT2D eigenvalue weighted by molar-refractivity contribution is -0.208. The number of carbonyl (C=O) groups is 2. The Bertz CT molecular complexity index is 821. The Morgan fingerprint density at radius 3 is 2.61 bits per heavy atom. The summed E-state index contributed by atoms with van der Waals surface area (Å²) >= 11 is 0. The van der Waals surface area contributed by atoms with Gasteiger partial charge < -0.3 is 19.7 Å². The van der Waals surface area contributed by atoms with Crippen LogP contribution in [-0.2, 0) is 19.1 Å². The first-order chi connectivity index (χ1) is 14.6. The first-order valence-electron chi connectivity index (χ1n) is 12.0. The van der Waals surface area contributed by atoms with Crippen molar-refractivity contribution in [2.24, 2.45) is 34.5 Å². The van der Waals surface area contributed by atoms with Crippen LogP contribution in [0.15, 0.2) is 11.6 Å². The van der Waals surface area contributed by atoms with E-state index >= 15 is 0 Å². The van der Waals surface area contributed by atoms with Crippen molar-refractivity contribution in [3.05, 3.63) is 11.6 Å². The van der Waals surface area contributed by atoms with Gasteiger partial charge in [-0.3, -0.25) is 4.79 Å². The average Bonchev–Trinajstić information content (AvgIpc) is 3.19. The zero-order valence-electron chi connectivity index (χ0n) is 18.9. The molecule has 6 heteroatoms. The number of rotatable bonds is 2. The molecular formula is C25H36O6. The maximum Gasteiger partial charge on any atom is 0.331 e. The lowest BCUT2D eigenvalue weighted by Crippen LogP contribution is -2.62. The molecular weight excluding hydrogens is 396 g/mol.